The van der Waals surface area contributed by atoms with Crippen LogP contribution in [0.1, 0.15) is 24.0 Å². The molecule has 0 aromatic heterocycles. The molecular weight excluding hydrogens is 303 g/mol. The van der Waals surface area contributed by atoms with Crippen molar-refractivity contribution in [3.8, 4) is 0 Å². The standard InChI is InChI=1S/C18H18F3NO/c1-2-16(23)22-11-17(12-22)9-14(10-17)4-3-13-5-7-15(8-6-13)18(19,20)21/h2-8,14H,1,9-12H2. The number of hydrogen-bond acceptors (Lipinski definition) is 1. The van der Waals surface area contributed by atoms with Gasteiger partial charge in [0.05, 0.1) is 5.56 Å². The first-order valence-corrected chi connectivity index (χ1v) is 7.58. The Labute approximate surface area is 133 Å². The topological polar surface area (TPSA) is 20.3 Å². The van der Waals surface area contributed by atoms with Crippen molar-refractivity contribution < 1.29 is 18.0 Å². The molecule has 1 aromatic rings. The predicted octanol–water partition coefficient (Wildman–Crippen LogP) is 4.14. The van der Waals surface area contributed by atoms with Gasteiger partial charge in [0.25, 0.3) is 0 Å². The van der Waals surface area contributed by atoms with Gasteiger partial charge in [0, 0.05) is 18.5 Å². The summed E-state index contributed by atoms with van der Waals surface area (Å²) in [6, 6.07) is 5.18. The highest BCUT2D eigenvalue weighted by Crippen LogP contribution is 2.52. The van der Waals surface area contributed by atoms with E-state index in [-0.39, 0.29) is 11.3 Å². The third-order valence-electron chi connectivity index (χ3n) is 4.73. The highest BCUT2D eigenvalue weighted by molar-refractivity contribution is 5.87. The first-order valence-electron chi connectivity index (χ1n) is 7.58. The van der Waals surface area contributed by atoms with Crippen LogP contribution in [0.3, 0.4) is 0 Å². The molecule has 0 unspecified atom stereocenters. The lowest BCUT2D eigenvalue weighted by Gasteiger charge is -2.58. The van der Waals surface area contributed by atoms with E-state index in [1.54, 1.807) is 4.90 Å². The normalized spacial score (nSPS) is 20.4. The van der Waals surface area contributed by atoms with Crippen LogP contribution in [0.25, 0.3) is 6.08 Å². The maximum atomic E-state index is 12.5. The zero-order valence-electron chi connectivity index (χ0n) is 12.6. The maximum absolute atomic E-state index is 12.5. The average Bonchev–Trinajstić information content (AvgIpc) is 2.43. The second-order valence-corrected chi connectivity index (χ2v) is 6.55. The fourth-order valence-electron chi connectivity index (χ4n) is 3.53. The van der Waals surface area contributed by atoms with Gasteiger partial charge in [-0.15, -0.1) is 0 Å². The lowest BCUT2D eigenvalue weighted by molar-refractivity contribution is -0.147. The molecule has 1 saturated carbocycles. The highest BCUT2D eigenvalue weighted by atomic mass is 19.4. The van der Waals surface area contributed by atoms with Crippen LogP contribution in [0.2, 0.25) is 0 Å². The molecule has 0 bridgehead atoms. The van der Waals surface area contributed by atoms with E-state index in [4.69, 9.17) is 0 Å². The minimum Gasteiger partial charge on any atom is -0.338 e. The van der Waals surface area contributed by atoms with E-state index in [9.17, 15) is 18.0 Å². The largest absolute Gasteiger partial charge is 0.416 e. The smallest absolute Gasteiger partial charge is 0.338 e. The van der Waals surface area contributed by atoms with Crippen LogP contribution < -0.4 is 0 Å². The van der Waals surface area contributed by atoms with Crippen LogP contribution in [-0.4, -0.2) is 23.9 Å². The third-order valence-corrected chi connectivity index (χ3v) is 4.73. The number of carbonyl (C=O) groups is 1. The molecule has 1 amide bonds. The SMILES string of the molecule is C=CC(=O)N1CC2(CC(C=Cc3ccc(C(F)(F)F)cc3)C2)C1. The van der Waals surface area contributed by atoms with Gasteiger partial charge in [0.15, 0.2) is 0 Å². The Hall–Kier alpha value is -2.04. The van der Waals surface area contributed by atoms with E-state index in [2.05, 4.69) is 12.7 Å². The quantitative estimate of drug-likeness (QED) is 0.766. The van der Waals surface area contributed by atoms with Crippen LogP contribution >= 0.6 is 0 Å². The monoisotopic (exact) mass is 321 g/mol. The van der Waals surface area contributed by atoms with Gasteiger partial charge in [0.1, 0.15) is 0 Å². The van der Waals surface area contributed by atoms with Gasteiger partial charge in [-0.1, -0.05) is 30.9 Å². The number of amides is 1. The first-order chi connectivity index (χ1) is 10.8. The van der Waals surface area contributed by atoms with Gasteiger partial charge in [-0.05, 0) is 42.5 Å². The van der Waals surface area contributed by atoms with Crippen molar-refractivity contribution in [2.45, 2.75) is 19.0 Å². The van der Waals surface area contributed by atoms with Gasteiger partial charge in [0.2, 0.25) is 5.91 Å². The van der Waals surface area contributed by atoms with E-state index < -0.39 is 11.7 Å². The molecule has 1 heterocycles. The van der Waals surface area contributed by atoms with Crippen molar-refractivity contribution in [3.05, 3.63) is 54.1 Å². The Bertz CT molecular complexity index is 631. The van der Waals surface area contributed by atoms with Gasteiger partial charge in [-0.25, -0.2) is 0 Å². The van der Waals surface area contributed by atoms with Crippen molar-refractivity contribution in [2.24, 2.45) is 11.3 Å². The molecule has 5 heteroatoms. The first kappa shape index (κ1) is 15.8. The van der Waals surface area contributed by atoms with Crippen LogP contribution in [0.15, 0.2) is 43.0 Å². The molecule has 1 spiro atoms. The summed E-state index contributed by atoms with van der Waals surface area (Å²) in [6.45, 7) is 5.07. The summed E-state index contributed by atoms with van der Waals surface area (Å²) in [6.07, 6.45) is 3.06. The van der Waals surface area contributed by atoms with Gasteiger partial charge < -0.3 is 4.90 Å². The Balaban J connectivity index is 1.50. The van der Waals surface area contributed by atoms with Crippen molar-refractivity contribution >= 4 is 12.0 Å². The molecule has 0 atom stereocenters. The zero-order chi connectivity index (χ0) is 16.7. The molecule has 0 N–H and O–H groups in total. The minimum atomic E-state index is -4.29. The molecule has 2 nitrogen and oxygen atoms in total. The predicted molar refractivity (Wildman–Crippen MR) is 82.4 cm³/mol. The molecule has 1 aliphatic carbocycles. The second kappa shape index (κ2) is 5.55. The second-order valence-electron chi connectivity index (χ2n) is 6.55. The molecular formula is C18H18F3NO. The summed E-state index contributed by atoms with van der Waals surface area (Å²) in [7, 11) is 0. The van der Waals surface area contributed by atoms with E-state index in [1.165, 1.54) is 18.2 Å². The summed E-state index contributed by atoms with van der Waals surface area (Å²) in [4.78, 5) is 13.2. The molecule has 1 saturated heterocycles. The van der Waals surface area contributed by atoms with E-state index in [1.807, 2.05) is 6.08 Å². The number of benzene rings is 1. The average molecular weight is 321 g/mol. The Morgan fingerprint density at radius 2 is 1.83 bits per heavy atom. The van der Waals surface area contributed by atoms with Gasteiger partial charge in [-0.2, -0.15) is 13.2 Å². The molecule has 0 radical (unpaired) electrons. The van der Waals surface area contributed by atoms with Crippen molar-refractivity contribution in [1.29, 1.82) is 0 Å². The van der Waals surface area contributed by atoms with Crippen LogP contribution in [0, 0.1) is 11.3 Å². The number of carbonyl (C=O) groups excluding carboxylic acids is 1. The third kappa shape index (κ3) is 3.19. The molecule has 23 heavy (non-hydrogen) atoms. The zero-order valence-corrected chi connectivity index (χ0v) is 12.6. The summed E-state index contributed by atoms with van der Waals surface area (Å²) < 4.78 is 37.5. The van der Waals surface area contributed by atoms with E-state index in [0.29, 0.717) is 5.92 Å². The number of alkyl halides is 3. The van der Waals surface area contributed by atoms with Crippen molar-refractivity contribution in [1.82, 2.24) is 4.90 Å². The van der Waals surface area contributed by atoms with Crippen molar-refractivity contribution in [2.75, 3.05) is 13.1 Å². The molecule has 122 valence electrons. The van der Waals surface area contributed by atoms with Crippen molar-refractivity contribution in [3.63, 3.8) is 0 Å². The molecule has 2 aliphatic rings. The lowest BCUT2D eigenvalue weighted by atomic mass is 9.57. The van der Waals surface area contributed by atoms with Crippen LogP contribution in [0.4, 0.5) is 13.2 Å². The summed E-state index contributed by atoms with van der Waals surface area (Å²) >= 11 is 0. The van der Waals surface area contributed by atoms with Crippen LogP contribution in [-0.2, 0) is 11.0 Å². The lowest BCUT2D eigenvalue weighted by Crippen LogP contribution is -2.63. The summed E-state index contributed by atoms with van der Waals surface area (Å²) in [5.74, 6) is 0.428. The number of likely N-dealkylation sites (tertiary alicyclic amines) is 1. The van der Waals surface area contributed by atoms with E-state index in [0.717, 1.165) is 43.6 Å². The number of allylic oxidation sites excluding steroid dienone is 1. The van der Waals surface area contributed by atoms with Gasteiger partial charge in [-0.3, -0.25) is 4.79 Å². The van der Waals surface area contributed by atoms with E-state index >= 15 is 0 Å². The number of halogens is 3. The Morgan fingerprint density at radius 1 is 1.22 bits per heavy atom. The number of hydrogen-bond donors (Lipinski definition) is 0. The fourth-order valence-corrected chi connectivity index (χ4v) is 3.53. The molecule has 1 aliphatic heterocycles. The highest BCUT2D eigenvalue weighted by Gasteiger charge is 2.52. The number of rotatable bonds is 3. The number of nitrogens with zero attached hydrogens (tertiary/aromatic N) is 1. The molecule has 3 rings (SSSR count). The fraction of sp³-hybridized carbons (Fsp3) is 0.389. The maximum Gasteiger partial charge on any atom is 0.416 e. The van der Waals surface area contributed by atoms with Gasteiger partial charge >= 0.3 is 6.18 Å². The summed E-state index contributed by atoms with van der Waals surface area (Å²) in [5, 5.41) is 0. The summed E-state index contributed by atoms with van der Waals surface area (Å²) in [5.41, 5.74) is 0.406. The van der Waals surface area contributed by atoms with Crippen LogP contribution in [0.5, 0.6) is 0 Å². The molecule has 1 aromatic carbocycles. The Morgan fingerprint density at radius 3 is 2.35 bits per heavy atom. The Kier molecular flexibility index (Phi) is 3.82. The minimum absolute atomic E-state index is 0.0145. The molecule has 2 fully saturated rings.